The van der Waals surface area contributed by atoms with Gasteiger partial charge in [-0.2, -0.15) is 0 Å². The van der Waals surface area contributed by atoms with E-state index in [1.54, 1.807) is 24.3 Å². The van der Waals surface area contributed by atoms with E-state index >= 15 is 0 Å². The second-order valence-corrected chi connectivity index (χ2v) is 10.1. The molecule has 0 saturated carbocycles. The molecule has 1 saturated heterocycles. The third kappa shape index (κ3) is 4.96. The van der Waals surface area contributed by atoms with Gasteiger partial charge in [-0.25, -0.2) is 8.78 Å². The molecule has 3 aromatic rings. The molecule has 0 amide bonds. The van der Waals surface area contributed by atoms with Gasteiger partial charge in [0, 0.05) is 5.56 Å². The molecule has 0 radical (unpaired) electrons. The molecule has 0 aromatic heterocycles. The average Bonchev–Trinajstić information content (AvgIpc) is 3.22. The number of hydrogen-bond acceptors (Lipinski definition) is 4. The van der Waals surface area contributed by atoms with Crippen LogP contribution in [-0.4, -0.2) is 11.8 Å². The van der Waals surface area contributed by atoms with Crippen LogP contribution in [0.25, 0.3) is 0 Å². The van der Waals surface area contributed by atoms with Crippen molar-refractivity contribution in [1.82, 2.24) is 10.6 Å². The van der Waals surface area contributed by atoms with E-state index in [0.717, 1.165) is 16.7 Å². The van der Waals surface area contributed by atoms with Crippen LogP contribution in [0, 0.1) is 11.6 Å². The van der Waals surface area contributed by atoms with Crippen LogP contribution in [0.5, 0.6) is 5.75 Å². The highest BCUT2D eigenvalue weighted by molar-refractivity contribution is 6.65. The first-order valence-corrected chi connectivity index (χ1v) is 12.0. The lowest BCUT2D eigenvalue weighted by Crippen LogP contribution is -2.51. The third-order valence-electron chi connectivity index (χ3n) is 6.38. The lowest BCUT2D eigenvalue weighted by Gasteiger charge is -2.30. The Kier molecular flexibility index (Phi) is 7.00. The number of benzene rings is 3. The normalized spacial score (nSPS) is 22.3. The second-order valence-electron chi connectivity index (χ2n) is 9.76. The molecule has 184 valence electrons. The Balaban J connectivity index is 1.88. The number of carbonyl (C=O) groups excluding carboxylic acids is 1. The van der Waals surface area contributed by atoms with Crippen LogP contribution in [-0.2, 0) is 15.9 Å². The third-order valence-corrected chi connectivity index (χ3v) is 6.67. The van der Waals surface area contributed by atoms with Crippen molar-refractivity contribution in [3.8, 4) is 5.75 Å². The van der Waals surface area contributed by atoms with Crippen molar-refractivity contribution < 1.29 is 18.3 Å². The Labute approximate surface area is 209 Å². The highest BCUT2D eigenvalue weighted by Gasteiger charge is 2.52. The smallest absolute Gasteiger partial charge is 0.261 e. The number of ether oxygens (including phenoxy) is 1. The van der Waals surface area contributed by atoms with Crippen LogP contribution in [0.4, 0.5) is 8.78 Å². The van der Waals surface area contributed by atoms with Gasteiger partial charge in [0.05, 0.1) is 18.7 Å². The van der Waals surface area contributed by atoms with E-state index < -0.39 is 23.0 Å². The first-order valence-electron chi connectivity index (χ1n) is 11.6. The zero-order chi connectivity index (χ0) is 25.4. The van der Waals surface area contributed by atoms with Gasteiger partial charge in [0.15, 0.2) is 5.66 Å². The molecule has 0 bridgehead atoms. The fourth-order valence-corrected chi connectivity index (χ4v) is 4.73. The fraction of sp³-hybridized carbons (Fsp3) is 0.321. The van der Waals surface area contributed by atoms with E-state index in [-0.39, 0.29) is 17.0 Å². The van der Waals surface area contributed by atoms with Crippen LogP contribution >= 0.6 is 11.6 Å². The molecular weight excluding hydrogens is 470 g/mol. The Morgan fingerprint density at radius 3 is 1.80 bits per heavy atom. The van der Waals surface area contributed by atoms with Crippen molar-refractivity contribution in [3.05, 3.63) is 101 Å². The quantitative estimate of drug-likeness (QED) is 0.394. The first-order chi connectivity index (χ1) is 16.5. The van der Waals surface area contributed by atoms with Crippen molar-refractivity contribution in [1.29, 1.82) is 0 Å². The second kappa shape index (κ2) is 9.69. The lowest BCUT2D eigenvalue weighted by molar-refractivity contribution is -0.118. The molecule has 1 fully saturated rings. The number of halogens is 3. The zero-order valence-electron chi connectivity index (χ0n) is 20.2. The summed E-state index contributed by atoms with van der Waals surface area (Å²) in [6, 6.07) is 16.9. The summed E-state index contributed by atoms with van der Waals surface area (Å²) in [6.45, 7) is 8.57. The molecule has 7 heteroatoms. The predicted molar refractivity (Wildman–Crippen MR) is 133 cm³/mol. The van der Waals surface area contributed by atoms with E-state index in [1.807, 2.05) is 25.1 Å². The standard InChI is InChI=1S/C28H29ClF2N2O2/c1-5-35-23-16-19(27(2,3)4)10-15-22(23)28(26(29)34)32-24(17-6-11-20(30)12-7-17)25(33-28)18-8-13-21(31)14-9-18/h6-16,24-25,32-33H,5H2,1-4H3/t24-,25+,28?. The molecule has 1 aliphatic heterocycles. The Hall–Kier alpha value is -2.80. The maximum atomic E-state index is 13.7. The molecule has 3 aromatic carbocycles. The van der Waals surface area contributed by atoms with Gasteiger partial charge in [0.2, 0.25) is 0 Å². The number of rotatable bonds is 6. The molecule has 3 atom stereocenters. The van der Waals surface area contributed by atoms with Crippen LogP contribution < -0.4 is 15.4 Å². The maximum absolute atomic E-state index is 13.7. The number of hydrogen-bond donors (Lipinski definition) is 2. The van der Waals surface area contributed by atoms with E-state index in [9.17, 15) is 13.6 Å². The predicted octanol–water partition coefficient (Wildman–Crippen LogP) is 6.25. The zero-order valence-corrected chi connectivity index (χ0v) is 20.9. The molecule has 1 aliphatic rings. The largest absolute Gasteiger partial charge is 0.493 e. The molecule has 0 spiro atoms. The van der Waals surface area contributed by atoms with Crippen molar-refractivity contribution in [2.45, 2.75) is 50.9 Å². The molecule has 2 N–H and O–H groups in total. The Morgan fingerprint density at radius 2 is 1.40 bits per heavy atom. The van der Waals surface area contributed by atoms with Crippen molar-refractivity contribution in [3.63, 3.8) is 0 Å². The minimum absolute atomic E-state index is 0.133. The maximum Gasteiger partial charge on any atom is 0.261 e. The Morgan fingerprint density at radius 1 is 0.914 bits per heavy atom. The van der Waals surface area contributed by atoms with Crippen LogP contribution in [0.3, 0.4) is 0 Å². The van der Waals surface area contributed by atoms with E-state index in [0.29, 0.717) is 17.9 Å². The summed E-state index contributed by atoms with van der Waals surface area (Å²) < 4.78 is 33.4. The van der Waals surface area contributed by atoms with Gasteiger partial charge in [0.25, 0.3) is 5.24 Å². The molecule has 0 aliphatic carbocycles. The van der Waals surface area contributed by atoms with E-state index in [1.165, 1.54) is 24.3 Å². The summed E-state index contributed by atoms with van der Waals surface area (Å²) in [5.41, 5.74) is 1.45. The van der Waals surface area contributed by atoms with Gasteiger partial charge >= 0.3 is 0 Å². The van der Waals surface area contributed by atoms with Crippen LogP contribution in [0.15, 0.2) is 66.7 Å². The summed E-state index contributed by atoms with van der Waals surface area (Å²) >= 11 is 6.29. The first kappa shape index (κ1) is 25.3. The molecular formula is C28H29ClF2N2O2. The van der Waals surface area contributed by atoms with Crippen molar-refractivity contribution >= 4 is 16.8 Å². The van der Waals surface area contributed by atoms with Gasteiger partial charge in [-0.05, 0) is 71.0 Å². The molecule has 1 heterocycles. The summed E-state index contributed by atoms with van der Waals surface area (Å²) in [4.78, 5) is 13.1. The van der Waals surface area contributed by atoms with E-state index in [4.69, 9.17) is 16.3 Å². The van der Waals surface area contributed by atoms with Gasteiger partial charge < -0.3 is 4.74 Å². The van der Waals surface area contributed by atoms with E-state index in [2.05, 4.69) is 31.4 Å². The topological polar surface area (TPSA) is 50.4 Å². The summed E-state index contributed by atoms with van der Waals surface area (Å²) in [5.74, 6) is -0.199. The van der Waals surface area contributed by atoms with Gasteiger partial charge in [-0.1, -0.05) is 57.2 Å². The average molecular weight is 499 g/mol. The minimum atomic E-state index is -1.50. The number of nitrogens with one attached hydrogen (secondary N) is 2. The van der Waals surface area contributed by atoms with Crippen molar-refractivity contribution in [2.24, 2.45) is 0 Å². The highest BCUT2D eigenvalue weighted by atomic mass is 35.5. The molecule has 35 heavy (non-hydrogen) atoms. The number of carbonyl (C=O) groups is 1. The molecule has 4 nitrogen and oxygen atoms in total. The summed E-state index contributed by atoms with van der Waals surface area (Å²) in [7, 11) is 0. The summed E-state index contributed by atoms with van der Waals surface area (Å²) in [5, 5.41) is 6.11. The highest BCUT2D eigenvalue weighted by Crippen LogP contribution is 2.45. The van der Waals surface area contributed by atoms with Gasteiger partial charge in [-0.15, -0.1) is 0 Å². The monoisotopic (exact) mass is 498 g/mol. The van der Waals surface area contributed by atoms with Crippen molar-refractivity contribution in [2.75, 3.05) is 6.61 Å². The Bertz CT molecular complexity index is 1150. The SMILES string of the molecule is CCOc1cc(C(C)(C)C)ccc1C1(C(=O)Cl)N[C@H](c2ccc(F)cc2)[C@H](c2ccc(F)cc2)N1. The lowest BCUT2D eigenvalue weighted by atomic mass is 9.85. The van der Waals surface area contributed by atoms with Gasteiger partial charge in [0.1, 0.15) is 17.4 Å². The van der Waals surface area contributed by atoms with Gasteiger partial charge in [-0.3, -0.25) is 15.4 Å². The molecule has 4 rings (SSSR count). The fourth-order valence-electron chi connectivity index (χ4n) is 4.52. The van der Waals surface area contributed by atoms with Crippen LogP contribution in [0.1, 0.15) is 62.0 Å². The molecule has 1 unspecified atom stereocenters. The summed E-state index contributed by atoms with van der Waals surface area (Å²) in [6.07, 6.45) is 0. The minimum Gasteiger partial charge on any atom is -0.493 e. The van der Waals surface area contributed by atoms with Crippen LogP contribution in [0.2, 0.25) is 0 Å².